The third-order valence-electron chi connectivity index (χ3n) is 2.65. The number of rotatable bonds is 5. The number of aliphatic hydroxyl groups excluding tert-OH is 1. The van der Waals surface area contributed by atoms with Crippen LogP contribution in [0.4, 0.5) is 0 Å². The summed E-state index contributed by atoms with van der Waals surface area (Å²) in [5, 5.41) is 19.2. The Hall–Kier alpha value is -1.06. The van der Waals surface area contributed by atoms with Crippen molar-refractivity contribution in [2.75, 3.05) is 6.61 Å². The van der Waals surface area contributed by atoms with Crippen LogP contribution in [0.1, 0.15) is 38.9 Å². The number of hydrogen-bond acceptors (Lipinski definition) is 3. The molecular formula is C13H20O3. The lowest BCUT2D eigenvalue weighted by atomic mass is 10.1. The van der Waals surface area contributed by atoms with Crippen molar-refractivity contribution in [3.05, 3.63) is 29.8 Å². The first-order valence-corrected chi connectivity index (χ1v) is 5.58. The van der Waals surface area contributed by atoms with Gasteiger partial charge >= 0.3 is 0 Å². The summed E-state index contributed by atoms with van der Waals surface area (Å²) in [7, 11) is 0. The van der Waals surface area contributed by atoms with Crippen molar-refractivity contribution in [3.8, 4) is 5.75 Å². The highest BCUT2D eigenvalue weighted by Crippen LogP contribution is 2.20. The summed E-state index contributed by atoms with van der Waals surface area (Å²) in [5.74, 6) is 0.673. The van der Waals surface area contributed by atoms with E-state index >= 15 is 0 Å². The van der Waals surface area contributed by atoms with Crippen molar-refractivity contribution >= 4 is 0 Å². The summed E-state index contributed by atoms with van der Waals surface area (Å²) in [6, 6.07) is 7.28. The summed E-state index contributed by atoms with van der Waals surface area (Å²) < 4.78 is 5.49. The second-order valence-electron chi connectivity index (χ2n) is 4.39. The molecule has 0 amide bonds. The average molecular weight is 224 g/mol. The minimum Gasteiger partial charge on any atom is -0.491 e. The molecule has 0 spiro atoms. The van der Waals surface area contributed by atoms with Crippen LogP contribution in [0.3, 0.4) is 0 Å². The summed E-state index contributed by atoms with van der Waals surface area (Å²) in [4.78, 5) is 0. The van der Waals surface area contributed by atoms with E-state index in [2.05, 4.69) is 0 Å². The van der Waals surface area contributed by atoms with Crippen molar-refractivity contribution in [1.29, 1.82) is 0 Å². The molecule has 1 rings (SSSR count). The van der Waals surface area contributed by atoms with Gasteiger partial charge in [-0.05, 0) is 38.0 Å². The molecular weight excluding hydrogens is 204 g/mol. The Morgan fingerprint density at radius 3 is 2.69 bits per heavy atom. The summed E-state index contributed by atoms with van der Waals surface area (Å²) in [6.07, 6.45) is 0.138. The molecule has 0 aliphatic heterocycles. The van der Waals surface area contributed by atoms with E-state index in [1.165, 1.54) is 0 Å². The lowest BCUT2D eigenvalue weighted by molar-refractivity contribution is 0.00840. The normalized spacial score (nSPS) is 16.6. The largest absolute Gasteiger partial charge is 0.491 e. The maximum absolute atomic E-state index is 9.79. The minimum atomic E-state index is -0.805. The Kier molecular flexibility index (Phi) is 4.33. The van der Waals surface area contributed by atoms with Crippen LogP contribution in [0.5, 0.6) is 5.75 Å². The third kappa shape index (κ3) is 3.83. The maximum Gasteiger partial charge on any atom is 0.119 e. The van der Waals surface area contributed by atoms with Crippen molar-refractivity contribution in [2.24, 2.45) is 0 Å². The van der Waals surface area contributed by atoms with Gasteiger partial charge in [0.2, 0.25) is 0 Å². The van der Waals surface area contributed by atoms with Gasteiger partial charge in [0.15, 0.2) is 0 Å². The highest BCUT2D eigenvalue weighted by Gasteiger charge is 2.18. The van der Waals surface area contributed by atoms with Crippen molar-refractivity contribution in [3.63, 3.8) is 0 Å². The van der Waals surface area contributed by atoms with Crippen LogP contribution in [0.15, 0.2) is 24.3 Å². The monoisotopic (exact) mass is 224 g/mol. The lowest BCUT2D eigenvalue weighted by Crippen LogP contribution is -2.31. The van der Waals surface area contributed by atoms with E-state index in [1.807, 2.05) is 25.1 Å². The Morgan fingerprint density at radius 2 is 2.12 bits per heavy atom. The number of ether oxygens (including phenoxy) is 1. The van der Waals surface area contributed by atoms with Crippen LogP contribution in [0, 0.1) is 0 Å². The molecule has 0 bridgehead atoms. The molecule has 0 aliphatic carbocycles. The van der Waals surface area contributed by atoms with Crippen LogP contribution in [-0.2, 0) is 0 Å². The van der Waals surface area contributed by atoms with Gasteiger partial charge in [-0.15, -0.1) is 0 Å². The standard InChI is InChI=1S/C13H20O3/c1-4-13(3,15)9-16-12-7-5-6-11(8-12)10(2)14/h5-8,10,14-15H,4,9H2,1-3H3. The van der Waals surface area contributed by atoms with Gasteiger partial charge in [-0.3, -0.25) is 0 Å². The molecule has 1 aromatic carbocycles. The van der Waals surface area contributed by atoms with Crippen LogP contribution >= 0.6 is 0 Å². The smallest absolute Gasteiger partial charge is 0.119 e. The first kappa shape index (κ1) is 13.0. The van der Waals surface area contributed by atoms with Gasteiger partial charge < -0.3 is 14.9 Å². The van der Waals surface area contributed by atoms with E-state index < -0.39 is 11.7 Å². The molecule has 0 fully saturated rings. The molecule has 0 saturated heterocycles. The van der Waals surface area contributed by atoms with Gasteiger partial charge in [0.1, 0.15) is 12.4 Å². The van der Waals surface area contributed by atoms with E-state index in [0.29, 0.717) is 12.2 Å². The molecule has 2 atom stereocenters. The first-order chi connectivity index (χ1) is 7.44. The molecule has 3 nitrogen and oxygen atoms in total. The summed E-state index contributed by atoms with van der Waals surface area (Å²) in [5.41, 5.74) is 0.00883. The van der Waals surface area contributed by atoms with Crippen LogP contribution in [-0.4, -0.2) is 22.4 Å². The zero-order chi connectivity index (χ0) is 12.2. The Balaban J connectivity index is 2.64. The van der Waals surface area contributed by atoms with Gasteiger partial charge in [0.25, 0.3) is 0 Å². The topological polar surface area (TPSA) is 49.7 Å². The van der Waals surface area contributed by atoms with Crippen molar-refractivity contribution < 1.29 is 14.9 Å². The highest BCUT2D eigenvalue weighted by atomic mass is 16.5. The van der Waals surface area contributed by atoms with E-state index in [0.717, 1.165) is 5.56 Å². The van der Waals surface area contributed by atoms with E-state index in [9.17, 15) is 10.2 Å². The minimum absolute atomic E-state index is 0.257. The van der Waals surface area contributed by atoms with E-state index in [4.69, 9.17) is 4.74 Å². The first-order valence-electron chi connectivity index (χ1n) is 5.58. The Labute approximate surface area is 96.7 Å². The Bertz CT molecular complexity index is 332. The van der Waals surface area contributed by atoms with Gasteiger partial charge in [0, 0.05) is 0 Å². The lowest BCUT2D eigenvalue weighted by Gasteiger charge is -2.21. The second kappa shape index (κ2) is 5.32. The quantitative estimate of drug-likeness (QED) is 0.806. The Morgan fingerprint density at radius 1 is 1.44 bits per heavy atom. The molecule has 0 saturated carbocycles. The van der Waals surface area contributed by atoms with Gasteiger partial charge in [-0.25, -0.2) is 0 Å². The predicted molar refractivity (Wildman–Crippen MR) is 63.5 cm³/mol. The molecule has 0 radical (unpaired) electrons. The molecule has 90 valence electrons. The zero-order valence-electron chi connectivity index (χ0n) is 10.1. The van der Waals surface area contributed by atoms with E-state index in [1.54, 1.807) is 19.9 Å². The molecule has 0 aliphatic rings. The zero-order valence-corrected chi connectivity index (χ0v) is 10.1. The van der Waals surface area contributed by atoms with Gasteiger partial charge in [0.05, 0.1) is 11.7 Å². The van der Waals surface area contributed by atoms with Crippen LogP contribution < -0.4 is 4.74 Å². The maximum atomic E-state index is 9.79. The summed E-state index contributed by atoms with van der Waals surface area (Å²) in [6.45, 7) is 5.62. The molecule has 2 N–H and O–H groups in total. The third-order valence-corrected chi connectivity index (χ3v) is 2.65. The number of hydrogen-bond donors (Lipinski definition) is 2. The number of aliphatic hydroxyl groups is 2. The molecule has 16 heavy (non-hydrogen) atoms. The fraction of sp³-hybridized carbons (Fsp3) is 0.538. The highest BCUT2D eigenvalue weighted by molar-refractivity contribution is 5.29. The van der Waals surface area contributed by atoms with Crippen LogP contribution in [0.25, 0.3) is 0 Å². The SMILES string of the molecule is CCC(C)(O)COc1cccc(C(C)O)c1. The van der Waals surface area contributed by atoms with Gasteiger partial charge in [-0.1, -0.05) is 19.1 Å². The molecule has 3 heteroatoms. The van der Waals surface area contributed by atoms with E-state index in [-0.39, 0.29) is 6.61 Å². The predicted octanol–water partition coefficient (Wildman–Crippen LogP) is 2.28. The molecule has 1 aromatic rings. The molecule has 0 heterocycles. The second-order valence-corrected chi connectivity index (χ2v) is 4.39. The van der Waals surface area contributed by atoms with Gasteiger partial charge in [-0.2, -0.15) is 0 Å². The summed E-state index contributed by atoms with van der Waals surface area (Å²) >= 11 is 0. The van der Waals surface area contributed by atoms with Crippen molar-refractivity contribution in [2.45, 2.75) is 38.9 Å². The fourth-order valence-electron chi connectivity index (χ4n) is 1.21. The van der Waals surface area contributed by atoms with Crippen LogP contribution in [0.2, 0.25) is 0 Å². The molecule has 2 unspecified atom stereocenters. The average Bonchev–Trinajstić information content (AvgIpc) is 2.27. The molecule has 0 aromatic heterocycles. The van der Waals surface area contributed by atoms with Crippen molar-refractivity contribution in [1.82, 2.24) is 0 Å². The fourth-order valence-corrected chi connectivity index (χ4v) is 1.21. The number of benzene rings is 1.